The number of hydrogen-bond acceptors (Lipinski definition) is 5. The Balaban J connectivity index is 2.45. The molecule has 0 aromatic carbocycles. The molecule has 0 radical (unpaired) electrons. The Morgan fingerprint density at radius 2 is 1.97 bits per heavy atom. The minimum Gasteiger partial charge on any atom is -0.466 e. The van der Waals surface area contributed by atoms with Gasteiger partial charge in [0.05, 0.1) is 31.1 Å². The molecular weight excluding hydrogens is 372 g/mol. The fourth-order valence-corrected chi connectivity index (χ4v) is 4.61. The van der Waals surface area contributed by atoms with Crippen LogP contribution in [0.5, 0.6) is 0 Å². The summed E-state index contributed by atoms with van der Waals surface area (Å²) in [6, 6.07) is -1.22. The van der Waals surface area contributed by atoms with Crippen LogP contribution in [-0.4, -0.2) is 59.6 Å². The second-order valence-corrected chi connectivity index (χ2v) is 8.45. The molecule has 0 saturated carbocycles. The van der Waals surface area contributed by atoms with Gasteiger partial charge in [0.25, 0.3) is 0 Å². The zero-order valence-electron chi connectivity index (χ0n) is 18.3. The first-order valence-electron chi connectivity index (χ1n) is 10.9. The van der Waals surface area contributed by atoms with Crippen molar-refractivity contribution >= 4 is 17.8 Å². The number of aliphatic hydroxyl groups excluding tert-OH is 1. The SMILES string of the molecule is CCCCNC(=O)[C@@H]1[C@H]2C=C[C@@H](C)[C@@H](C(=O)OCC)[C@@H]2C(=O)N1[C@@H](CO)C(C)C. The van der Waals surface area contributed by atoms with Gasteiger partial charge in [0, 0.05) is 12.5 Å². The van der Waals surface area contributed by atoms with Crippen LogP contribution in [0.15, 0.2) is 12.2 Å². The number of esters is 1. The Kier molecular flexibility index (Phi) is 8.25. The quantitative estimate of drug-likeness (QED) is 0.344. The van der Waals surface area contributed by atoms with Crippen molar-refractivity contribution in [3.63, 3.8) is 0 Å². The molecule has 0 spiro atoms. The summed E-state index contributed by atoms with van der Waals surface area (Å²) >= 11 is 0. The van der Waals surface area contributed by atoms with Gasteiger partial charge in [-0.3, -0.25) is 14.4 Å². The lowest BCUT2D eigenvalue weighted by molar-refractivity contribution is -0.156. The lowest BCUT2D eigenvalue weighted by Gasteiger charge is -2.35. The van der Waals surface area contributed by atoms with Gasteiger partial charge < -0.3 is 20.1 Å². The molecule has 2 aliphatic rings. The number of allylic oxidation sites excluding steroid dienone is 1. The highest BCUT2D eigenvalue weighted by Gasteiger charge is 2.58. The number of likely N-dealkylation sites (tertiary alicyclic amines) is 1. The van der Waals surface area contributed by atoms with E-state index in [9.17, 15) is 19.5 Å². The number of unbranched alkanes of at least 4 members (excludes halogenated alkanes) is 1. The van der Waals surface area contributed by atoms with E-state index in [4.69, 9.17) is 4.74 Å². The first-order chi connectivity index (χ1) is 13.8. The normalized spacial score (nSPS) is 29.7. The summed E-state index contributed by atoms with van der Waals surface area (Å²) in [4.78, 5) is 40.9. The average molecular weight is 409 g/mol. The molecule has 164 valence electrons. The van der Waals surface area contributed by atoms with E-state index >= 15 is 0 Å². The van der Waals surface area contributed by atoms with Gasteiger partial charge in [-0.05, 0) is 25.2 Å². The van der Waals surface area contributed by atoms with Crippen molar-refractivity contribution in [2.75, 3.05) is 19.8 Å². The molecular formula is C22H36N2O5. The second kappa shape index (κ2) is 10.2. The standard InChI is InChI=1S/C22H36N2O5/c1-6-8-11-23-20(26)19-15-10-9-14(5)17(22(28)29-7-2)18(15)21(27)24(19)16(12-25)13(3)4/h9-10,13-19,25H,6-8,11-12H2,1-5H3,(H,23,26)/t14-,15+,16+,17-,18-,19+/m1/s1. The van der Waals surface area contributed by atoms with Crippen molar-refractivity contribution in [1.29, 1.82) is 0 Å². The highest BCUT2D eigenvalue weighted by atomic mass is 16.5. The van der Waals surface area contributed by atoms with Gasteiger partial charge in [-0.1, -0.05) is 46.3 Å². The third kappa shape index (κ3) is 4.65. The molecule has 1 aliphatic heterocycles. The molecule has 0 aromatic heterocycles. The number of aliphatic hydroxyl groups is 1. The maximum atomic E-state index is 13.5. The molecule has 1 saturated heterocycles. The summed E-state index contributed by atoms with van der Waals surface area (Å²) in [5, 5.41) is 12.9. The number of rotatable bonds is 9. The average Bonchev–Trinajstić information content (AvgIpc) is 2.95. The lowest BCUT2D eigenvalue weighted by Crippen LogP contribution is -2.54. The fraction of sp³-hybridized carbons (Fsp3) is 0.773. The predicted octanol–water partition coefficient (Wildman–Crippen LogP) is 1.75. The Morgan fingerprint density at radius 3 is 2.52 bits per heavy atom. The van der Waals surface area contributed by atoms with Crippen molar-refractivity contribution in [2.45, 2.75) is 59.5 Å². The van der Waals surface area contributed by atoms with Crippen LogP contribution in [0.1, 0.15) is 47.5 Å². The van der Waals surface area contributed by atoms with Gasteiger partial charge in [0.15, 0.2) is 0 Å². The van der Waals surface area contributed by atoms with Gasteiger partial charge in [-0.2, -0.15) is 0 Å². The van der Waals surface area contributed by atoms with Crippen LogP contribution in [0.3, 0.4) is 0 Å². The predicted molar refractivity (Wildman–Crippen MR) is 110 cm³/mol. The summed E-state index contributed by atoms with van der Waals surface area (Å²) in [6.07, 6.45) is 5.62. The maximum Gasteiger partial charge on any atom is 0.310 e. The number of carbonyl (C=O) groups excluding carboxylic acids is 3. The van der Waals surface area contributed by atoms with Crippen molar-refractivity contribution in [2.24, 2.45) is 29.6 Å². The summed E-state index contributed by atoms with van der Waals surface area (Å²) in [5.41, 5.74) is 0. The zero-order chi connectivity index (χ0) is 21.7. The van der Waals surface area contributed by atoms with Gasteiger partial charge >= 0.3 is 5.97 Å². The molecule has 2 N–H and O–H groups in total. The van der Waals surface area contributed by atoms with Crippen molar-refractivity contribution < 1.29 is 24.2 Å². The Labute approximate surface area is 173 Å². The van der Waals surface area contributed by atoms with Crippen molar-refractivity contribution in [1.82, 2.24) is 10.2 Å². The van der Waals surface area contributed by atoms with E-state index in [1.165, 1.54) is 4.90 Å². The summed E-state index contributed by atoms with van der Waals surface area (Å²) < 4.78 is 5.26. The van der Waals surface area contributed by atoms with E-state index in [2.05, 4.69) is 5.32 Å². The Morgan fingerprint density at radius 1 is 1.28 bits per heavy atom. The maximum absolute atomic E-state index is 13.5. The van der Waals surface area contributed by atoms with Gasteiger partial charge in [-0.15, -0.1) is 0 Å². The molecule has 1 heterocycles. The number of carbonyl (C=O) groups is 3. The first-order valence-corrected chi connectivity index (χ1v) is 10.9. The number of nitrogens with one attached hydrogen (secondary N) is 1. The smallest absolute Gasteiger partial charge is 0.310 e. The highest BCUT2D eigenvalue weighted by molar-refractivity contribution is 5.96. The largest absolute Gasteiger partial charge is 0.466 e. The zero-order valence-corrected chi connectivity index (χ0v) is 18.3. The number of fused-ring (bicyclic) bond motifs is 1. The fourth-order valence-electron chi connectivity index (χ4n) is 4.61. The molecule has 0 unspecified atom stereocenters. The van der Waals surface area contributed by atoms with Crippen LogP contribution < -0.4 is 5.32 Å². The molecule has 7 heteroatoms. The molecule has 0 aromatic rings. The van der Waals surface area contributed by atoms with E-state index in [1.54, 1.807) is 6.92 Å². The monoisotopic (exact) mass is 408 g/mol. The third-order valence-corrected chi connectivity index (χ3v) is 6.18. The minimum atomic E-state index is -0.732. The number of nitrogens with zero attached hydrogens (tertiary/aromatic N) is 1. The van der Waals surface area contributed by atoms with E-state index in [1.807, 2.05) is 39.8 Å². The van der Waals surface area contributed by atoms with Crippen LogP contribution in [-0.2, 0) is 19.1 Å². The van der Waals surface area contributed by atoms with Crippen LogP contribution in [0, 0.1) is 29.6 Å². The van der Waals surface area contributed by atoms with E-state index in [0.29, 0.717) is 6.54 Å². The minimum absolute atomic E-state index is 0.0301. The van der Waals surface area contributed by atoms with Gasteiger partial charge in [0.1, 0.15) is 6.04 Å². The second-order valence-electron chi connectivity index (χ2n) is 8.45. The summed E-state index contributed by atoms with van der Waals surface area (Å²) in [7, 11) is 0. The highest BCUT2D eigenvalue weighted by Crippen LogP contribution is 2.45. The molecule has 6 atom stereocenters. The van der Waals surface area contributed by atoms with Crippen LogP contribution in [0.2, 0.25) is 0 Å². The van der Waals surface area contributed by atoms with Crippen LogP contribution in [0.25, 0.3) is 0 Å². The van der Waals surface area contributed by atoms with Crippen molar-refractivity contribution in [3.05, 3.63) is 12.2 Å². The van der Waals surface area contributed by atoms with Gasteiger partial charge in [0.2, 0.25) is 11.8 Å². The summed E-state index contributed by atoms with van der Waals surface area (Å²) in [6.45, 7) is 10.1. The third-order valence-electron chi connectivity index (χ3n) is 6.18. The molecule has 2 amide bonds. The van der Waals surface area contributed by atoms with E-state index in [-0.39, 0.29) is 36.9 Å². The molecule has 1 aliphatic carbocycles. The molecule has 0 bridgehead atoms. The van der Waals surface area contributed by atoms with Crippen molar-refractivity contribution in [3.8, 4) is 0 Å². The van der Waals surface area contributed by atoms with E-state index < -0.39 is 35.8 Å². The molecule has 7 nitrogen and oxygen atoms in total. The Hall–Kier alpha value is -1.89. The van der Waals surface area contributed by atoms with E-state index in [0.717, 1.165) is 12.8 Å². The van der Waals surface area contributed by atoms with Gasteiger partial charge in [-0.25, -0.2) is 0 Å². The molecule has 29 heavy (non-hydrogen) atoms. The summed E-state index contributed by atoms with van der Waals surface area (Å²) in [5.74, 6) is -2.74. The number of amides is 2. The van der Waals surface area contributed by atoms with Crippen LogP contribution >= 0.6 is 0 Å². The lowest BCUT2D eigenvalue weighted by atomic mass is 9.70. The first kappa shape index (κ1) is 23.4. The number of hydrogen-bond donors (Lipinski definition) is 2. The molecule has 2 rings (SSSR count). The topological polar surface area (TPSA) is 95.9 Å². The number of ether oxygens (including phenoxy) is 1. The Bertz CT molecular complexity index is 633. The molecule has 1 fully saturated rings. The van der Waals surface area contributed by atoms with Crippen LogP contribution in [0.4, 0.5) is 0 Å².